The van der Waals surface area contributed by atoms with Crippen molar-refractivity contribution in [1.82, 2.24) is 0 Å². The van der Waals surface area contributed by atoms with Gasteiger partial charge in [0, 0.05) is 0 Å². The molecular weight excluding hydrogens is 166 g/mol. The maximum atomic E-state index is 5.47. The molecule has 3 heteroatoms. The van der Waals surface area contributed by atoms with Gasteiger partial charge in [0.05, 0.1) is 5.03 Å². The summed E-state index contributed by atoms with van der Waals surface area (Å²) in [4.78, 5) is 0. The lowest BCUT2D eigenvalue weighted by molar-refractivity contribution is 1.53. The fourth-order valence-corrected chi connectivity index (χ4v) is 0.484. The van der Waals surface area contributed by atoms with E-state index in [9.17, 15) is 0 Å². The third-order valence-corrected chi connectivity index (χ3v) is 1.62. The Hall–Kier alpha value is 0.350. The summed E-state index contributed by atoms with van der Waals surface area (Å²) >= 11 is 16.0. The molecule has 46 valence electrons. The van der Waals surface area contributed by atoms with Gasteiger partial charge >= 0.3 is 0 Å². The highest BCUT2D eigenvalue weighted by atomic mass is 35.5. The van der Waals surface area contributed by atoms with Crippen molar-refractivity contribution >= 4 is 34.8 Å². The molecule has 0 aromatic carbocycles. The van der Waals surface area contributed by atoms with Gasteiger partial charge in [-0.1, -0.05) is 41.4 Å². The predicted octanol–water partition coefficient (Wildman–Crippen LogP) is 3.45. The summed E-state index contributed by atoms with van der Waals surface area (Å²) in [6.45, 7) is 5.25. The molecule has 0 aliphatic heterocycles. The Morgan fingerprint density at radius 1 is 1.25 bits per heavy atom. The molecular formula is C5H5Cl3. The smallest absolute Gasteiger partial charge is 0.0945 e. The molecule has 0 rings (SSSR count). The highest BCUT2D eigenvalue weighted by Crippen LogP contribution is 2.22. The SMILES string of the molecule is C=C(C)C(Cl)=C(Cl)Cl. The molecule has 0 saturated heterocycles. The zero-order valence-electron chi connectivity index (χ0n) is 4.34. The van der Waals surface area contributed by atoms with Gasteiger partial charge in [-0.25, -0.2) is 0 Å². The second kappa shape index (κ2) is 3.39. The van der Waals surface area contributed by atoms with Gasteiger partial charge in [0.25, 0.3) is 0 Å². The van der Waals surface area contributed by atoms with E-state index in [0.717, 1.165) is 0 Å². The van der Waals surface area contributed by atoms with Crippen molar-refractivity contribution in [2.24, 2.45) is 0 Å². The van der Waals surface area contributed by atoms with Crippen LogP contribution in [0.25, 0.3) is 0 Å². The van der Waals surface area contributed by atoms with Crippen LogP contribution in [0.3, 0.4) is 0 Å². The first-order valence-corrected chi connectivity index (χ1v) is 3.05. The average molecular weight is 171 g/mol. The number of hydrogen-bond acceptors (Lipinski definition) is 0. The Morgan fingerprint density at radius 3 is 1.62 bits per heavy atom. The van der Waals surface area contributed by atoms with Crippen LogP contribution in [0.5, 0.6) is 0 Å². The molecule has 0 heterocycles. The van der Waals surface area contributed by atoms with E-state index in [1.807, 2.05) is 0 Å². The third-order valence-electron chi connectivity index (χ3n) is 0.541. The minimum absolute atomic E-state index is 0.0687. The van der Waals surface area contributed by atoms with E-state index < -0.39 is 0 Å². The van der Waals surface area contributed by atoms with Gasteiger partial charge in [0.2, 0.25) is 0 Å². The lowest BCUT2D eigenvalue weighted by Gasteiger charge is -1.92. The maximum Gasteiger partial charge on any atom is 0.125 e. The minimum atomic E-state index is 0.0687. The van der Waals surface area contributed by atoms with E-state index in [1.165, 1.54) is 0 Å². The highest BCUT2D eigenvalue weighted by molar-refractivity contribution is 6.59. The number of allylic oxidation sites excluding steroid dienone is 2. The minimum Gasteiger partial charge on any atom is -0.0945 e. The van der Waals surface area contributed by atoms with E-state index in [2.05, 4.69) is 6.58 Å². The summed E-state index contributed by atoms with van der Waals surface area (Å²) in [5, 5.41) is 0.327. The van der Waals surface area contributed by atoms with Crippen LogP contribution in [-0.2, 0) is 0 Å². The first-order chi connectivity index (χ1) is 3.55. The molecule has 0 N–H and O–H groups in total. The topological polar surface area (TPSA) is 0 Å². The van der Waals surface area contributed by atoms with Crippen LogP contribution in [0.2, 0.25) is 0 Å². The van der Waals surface area contributed by atoms with Crippen LogP contribution >= 0.6 is 34.8 Å². The molecule has 0 aliphatic rings. The van der Waals surface area contributed by atoms with Crippen LogP contribution in [0.1, 0.15) is 6.92 Å². The summed E-state index contributed by atoms with van der Waals surface area (Å²) in [6.07, 6.45) is 0. The highest BCUT2D eigenvalue weighted by Gasteiger charge is 1.96. The van der Waals surface area contributed by atoms with Crippen LogP contribution in [0, 0.1) is 0 Å². The molecule has 0 aromatic heterocycles. The van der Waals surface area contributed by atoms with Gasteiger partial charge < -0.3 is 0 Å². The molecule has 8 heavy (non-hydrogen) atoms. The van der Waals surface area contributed by atoms with Crippen molar-refractivity contribution in [3.63, 3.8) is 0 Å². The molecule has 0 amide bonds. The average Bonchev–Trinajstić information content (AvgIpc) is 1.64. The van der Waals surface area contributed by atoms with Crippen molar-refractivity contribution in [2.45, 2.75) is 6.92 Å². The van der Waals surface area contributed by atoms with E-state index in [1.54, 1.807) is 6.92 Å². The quantitative estimate of drug-likeness (QED) is 0.530. The lowest BCUT2D eigenvalue weighted by atomic mass is 10.3. The van der Waals surface area contributed by atoms with Gasteiger partial charge in [-0.2, -0.15) is 0 Å². The van der Waals surface area contributed by atoms with Gasteiger partial charge in [-0.15, -0.1) is 0 Å². The monoisotopic (exact) mass is 170 g/mol. The molecule has 0 unspecified atom stereocenters. The fourth-order valence-electron chi connectivity index (χ4n) is 0.161. The van der Waals surface area contributed by atoms with Crippen LogP contribution in [0.4, 0.5) is 0 Å². The predicted molar refractivity (Wildman–Crippen MR) is 39.4 cm³/mol. The first kappa shape index (κ1) is 8.35. The summed E-state index contributed by atoms with van der Waals surface area (Å²) in [5.74, 6) is 0. The van der Waals surface area contributed by atoms with Crippen LogP contribution < -0.4 is 0 Å². The van der Waals surface area contributed by atoms with Crippen molar-refractivity contribution in [3.8, 4) is 0 Å². The Morgan fingerprint density at radius 2 is 1.62 bits per heavy atom. The molecule has 0 spiro atoms. The normalized spacial score (nSPS) is 8.50. The molecule has 0 nitrogen and oxygen atoms in total. The summed E-state index contributed by atoms with van der Waals surface area (Å²) < 4.78 is 0.0687. The molecule has 0 atom stereocenters. The molecule has 0 aromatic rings. The van der Waals surface area contributed by atoms with E-state index in [4.69, 9.17) is 34.8 Å². The Labute approximate surface area is 63.7 Å². The molecule has 0 fully saturated rings. The lowest BCUT2D eigenvalue weighted by Crippen LogP contribution is -1.70. The first-order valence-electron chi connectivity index (χ1n) is 1.92. The van der Waals surface area contributed by atoms with Crippen LogP contribution in [0.15, 0.2) is 21.7 Å². The van der Waals surface area contributed by atoms with Crippen molar-refractivity contribution in [1.29, 1.82) is 0 Å². The van der Waals surface area contributed by atoms with Crippen LogP contribution in [-0.4, -0.2) is 0 Å². The maximum absolute atomic E-state index is 5.47. The number of hydrogen-bond donors (Lipinski definition) is 0. The van der Waals surface area contributed by atoms with Gasteiger partial charge in [-0.3, -0.25) is 0 Å². The van der Waals surface area contributed by atoms with E-state index in [-0.39, 0.29) is 4.49 Å². The summed E-state index contributed by atoms with van der Waals surface area (Å²) in [7, 11) is 0. The summed E-state index contributed by atoms with van der Waals surface area (Å²) in [6, 6.07) is 0. The zero-order chi connectivity index (χ0) is 6.73. The van der Waals surface area contributed by atoms with Gasteiger partial charge in [0.15, 0.2) is 0 Å². The van der Waals surface area contributed by atoms with Crippen molar-refractivity contribution in [3.05, 3.63) is 21.7 Å². The van der Waals surface area contributed by atoms with Crippen molar-refractivity contribution < 1.29 is 0 Å². The van der Waals surface area contributed by atoms with Gasteiger partial charge in [0.1, 0.15) is 4.49 Å². The largest absolute Gasteiger partial charge is 0.125 e. The number of rotatable bonds is 1. The Balaban J connectivity index is 4.23. The summed E-state index contributed by atoms with van der Waals surface area (Å²) in [5.41, 5.74) is 0.673. The molecule has 0 radical (unpaired) electrons. The second-order valence-corrected chi connectivity index (χ2v) is 2.68. The standard InChI is InChI=1S/C5H5Cl3/c1-3(2)4(6)5(7)8/h1H2,2H3. The third kappa shape index (κ3) is 2.61. The van der Waals surface area contributed by atoms with Crippen molar-refractivity contribution in [2.75, 3.05) is 0 Å². The van der Waals surface area contributed by atoms with Gasteiger partial charge in [-0.05, 0) is 12.5 Å². The second-order valence-electron chi connectivity index (χ2n) is 1.35. The fraction of sp³-hybridized carbons (Fsp3) is 0.200. The number of halogens is 3. The molecule has 0 aliphatic carbocycles. The Kier molecular flexibility index (Phi) is 3.54. The molecule has 0 saturated carbocycles. The Bertz CT molecular complexity index is 131. The van der Waals surface area contributed by atoms with E-state index in [0.29, 0.717) is 10.6 Å². The zero-order valence-corrected chi connectivity index (χ0v) is 6.61. The molecule has 0 bridgehead atoms. The van der Waals surface area contributed by atoms with E-state index >= 15 is 0 Å².